The highest BCUT2D eigenvalue weighted by molar-refractivity contribution is 14.1. The van der Waals surface area contributed by atoms with Crippen LogP contribution in [0.15, 0.2) is 12.5 Å². The van der Waals surface area contributed by atoms with Crippen molar-refractivity contribution in [2.75, 3.05) is 0 Å². The van der Waals surface area contributed by atoms with Gasteiger partial charge in [0.25, 0.3) is 0 Å². The van der Waals surface area contributed by atoms with Gasteiger partial charge >= 0.3 is 0 Å². The zero-order valence-corrected chi connectivity index (χ0v) is 19.5. The number of hydrogen-bond acceptors (Lipinski definition) is 5. The van der Waals surface area contributed by atoms with E-state index in [0.29, 0.717) is 11.2 Å². The van der Waals surface area contributed by atoms with Crippen molar-refractivity contribution in [2.45, 2.75) is 46.5 Å². The third-order valence-electron chi connectivity index (χ3n) is 6.40. The SMILES string of the molecule is CCC(C)(C)[C@H]1CCc2c(sc3ncn4nc(-c5nn(C)cc5I)nc4c23)C1. The van der Waals surface area contributed by atoms with Crippen LogP contribution in [0.4, 0.5) is 0 Å². The zero-order valence-electron chi connectivity index (χ0n) is 16.5. The molecule has 0 bridgehead atoms. The average molecular weight is 506 g/mol. The molecule has 1 atom stereocenters. The second kappa shape index (κ2) is 6.48. The molecule has 0 aromatic carbocycles. The molecule has 8 heteroatoms. The summed E-state index contributed by atoms with van der Waals surface area (Å²) < 4.78 is 4.67. The number of hydrogen-bond donors (Lipinski definition) is 0. The summed E-state index contributed by atoms with van der Waals surface area (Å²) in [4.78, 5) is 12.2. The van der Waals surface area contributed by atoms with E-state index in [0.717, 1.165) is 38.5 Å². The molecule has 4 heterocycles. The molecule has 4 aromatic rings. The molecule has 0 radical (unpaired) electrons. The normalized spacial score (nSPS) is 17.5. The highest BCUT2D eigenvalue weighted by Gasteiger charge is 2.33. The standard InChI is InChI=1S/C20H23IN6S/c1-5-20(2,3)11-6-7-12-14(8-11)28-19-15(12)18-23-17(25-27(18)10-22-19)16-13(21)9-26(4)24-16/h9-11H,5-8H2,1-4H3/t11-/m0/s1. The molecule has 0 saturated carbocycles. The van der Waals surface area contributed by atoms with E-state index in [-0.39, 0.29) is 0 Å². The second-order valence-electron chi connectivity index (χ2n) is 8.41. The highest BCUT2D eigenvalue weighted by Crippen LogP contribution is 2.45. The van der Waals surface area contributed by atoms with Gasteiger partial charge in [0, 0.05) is 18.1 Å². The molecule has 0 unspecified atom stereocenters. The van der Waals surface area contributed by atoms with Gasteiger partial charge in [0.05, 0.1) is 8.96 Å². The van der Waals surface area contributed by atoms with E-state index in [1.807, 2.05) is 29.1 Å². The van der Waals surface area contributed by atoms with Gasteiger partial charge in [-0.2, -0.15) is 5.10 Å². The predicted octanol–water partition coefficient (Wildman–Crippen LogP) is 4.89. The van der Waals surface area contributed by atoms with Crippen LogP contribution < -0.4 is 0 Å². The number of nitrogens with zero attached hydrogens (tertiary/aromatic N) is 6. The van der Waals surface area contributed by atoms with Crippen molar-refractivity contribution in [3.8, 4) is 11.5 Å². The average Bonchev–Trinajstić information content (AvgIpc) is 3.34. The van der Waals surface area contributed by atoms with Crippen LogP contribution in [0, 0.1) is 14.9 Å². The Labute approximate surface area is 181 Å². The van der Waals surface area contributed by atoms with Gasteiger partial charge in [-0.25, -0.2) is 14.5 Å². The van der Waals surface area contributed by atoms with Crippen LogP contribution in [0.1, 0.15) is 44.1 Å². The Morgan fingerprint density at radius 3 is 2.86 bits per heavy atom. The minimum absolute atomic E-state index is 0.383. The lowest BCUT2D eigenvalue weighted by molar-refractivity contribution is 0.184. The molecule has 6 nitrogen and oxygen atoms in total. The van der Waals surface area contributed by atoms with Crippen LogP contribution in [-0.4, -0.2) is 29.4 Å². The molecule has 28 heavy (non-hydrogen) atoms. The molecule has 146 valence electrons. The molecular formula is C20H23IN6S. The van der Waals surface area contributed by atoms with E-state index in [4.69, 9.17) is 9.97 Å². The number of rotatable bonds is 3. The molecule has 0 amide bonds. The van der Waals surface area contributed by atoms with E-state index in [2.05, 4.69) is 53.6 Å². The molecule has 5 rings (SSSR count). The lowest BCUT2D eigenvalue weighted by Crippen LogP contribution is -2.28. The van der Waals surface area contributed by atoms with E-state index < -0.39 is 0 Å². The summed E-state index contributed by atoms with van der Waals surface area (Å²) in [5.41, 5.74) is 3.56. The Balaban J connectivity index is 1.64. The van der Waals surface area contributed by atoms with E-state index >= 15 is 0 Å². The summed E-state index contributed by atoms with van der Waals surface area (Å²) in [5, 5.41) is 10.4. The van der Waals surface area contributed by atoms with Gasteiger partial charge < -0.3 is 0 Å². The van der Waals surface area contributed by atoms with Crippen molar-refractivity contribution >= 4 is 49.8 Å². The van der Waals surface area contributed by atoms with Crippen LogP contribution >= 0.6 is 33.9 Å². The van der Waals surface area contributed by atoms with E-state index in [9.17, 15) is 0 Å². The summed E-state index contributed by atoms with van der Waals surface area (Å²) in [6, 6.07) is 0. The third kappa shape index (κ3) is 2.79. The highest BCUT2D eigenvalue weighted by atomic mass is 127. The fourth-order valence-corrected chi connectivity index (χ4v) is 6.26. The van der Waals surface area contributed by atoms with Gasteiger partial charge in [0.15, 0.2) is 5.65 Å². The Morgan fingerprint density at radius 1 is 1.32 bits per heavy atom. The molecule has 1 aliphatic rings. The monoisotopic (exact) mass is 506 g/mol. The third-order valence-corrected chi connectivity index (χ3v) is 8.35. The van der Waals surface area contributed by atoms with Crippen LogP contribution in [-0.2, 0) is 19.9 Å². The van der Waals surface area contributed by atoms with Gasteiger partial charge in [-0.3, -0.25) is 4.68 Å². The van der Waals surface area contributed by atoms with Crippen molar-refractivity contribution in [3.05, 3.63) is 26.5 Å². The van der Waals surface area contributed by atoms with Crippen molar-refractivity contribution in [2.24, 2.45) is 18.4 Å². The van der Waals surface area contributed by atoms with Crippen LogP contribution in [0.2, 0.25) is 0 Å². The Bertz CT molecular complexity index is 1200. The summed E-state index contributed by atoms with van der Waals surface area (Å²) in [7, 11) is 1.92. The minimum atomic E-state index is 0.383. The molecule has 0 saturated heterocycles. The first-order valence-electron chi connectivity index (χ1n) is 9.72. The first-order valence-corrected chi connectivity index (χ1v) is 11.6. The van der Waals surface area contributed by atoms with E-state index in [1.165, 1.54) is 28.7 Å². The van der Waals surface area contributed by atoms with Gasteiger partial charge in [0.2, 0.25) is 5.82 Å². The maximum absolute atomic E-state index is 4.89. The van der Waals surface area contributed by atoms with Crippen LogP contribution in [0.3, 0.4) is 0 Å². The molecule has 1 aliphatic carbocycles. The lowest BCUT2D eigenvalue weighted by atomic mass is 9.70. The topological polar surface area (TPSA) is 60.9 Å². The quantitative estimate of drug-likeness (QED) is 0.372. The first-order chi connectivity index (χ1) is 13.4. The molecule has 0 N–H and O–H groups in total. The minimum Gasteiger partial charge on any atom is -0.274 e. The van der Waals surface area contributed by atoms with Gasteiger partial charge in [-0.05, 0) is 58.7 Å². The molecule has 0 aliphatic heterocycles. The maximum Gasteiger partial charge on any atom is 0.203 e. The predicted molar refractivity (Wildman–Crippen MR) is 121 cm³/mol. The fraction of sp³-hybridized carbons (Fsp3) is 0.500. The maximum atomic E-state index is 4.89. The number of thiophene rings is 1. The molecule has 4 aromatic heterocycles. The Morgan fingerprint density at radius 2 is 2.14 bits per heavy atom. The summed E-state index contributed by atoms with van der Waals surface area (Å²) in [6.07, 6.45) is 8.49. The van der Waals surface area contributed by atoms with Gasteiger partial charge in [-0.1, -0.05) is 27.2 Å². The molecule has 0 spiro atoms. The number of fused-ring (bicyclic) bond motifs is 5. The smallest absolute Gasteiger partial charge is 0.203 e. The lowest BCUT2D eigenvalue weighted by Gasteiger charge is -2.36. The molecular weight excluding hydrogens is 483 g/mol. The van der Waals surface area contributed by atoms with E-state index in [1.54, 1.807) is 11.0 Å². The first kappa shape index (κ1) is 18.5. The van der Waals surface area contributed by atoms with Crippen LogP contribution in [0.5, 0.6) is 0 Å². The zero-order chi connectivity index (χ0) is 19.6. The Hall–Kier alpha value is -1.55. The van der Waals surface area contributed by atoms with Gasteiger partial charge in [0.1, 0.15) is 16.9 Å². The summed E-state index contributed by atoms with van der Waals surface area (Å²) in [5.74, 6) is 1.40. The van der Waals surface area contributed by atoms with Crippen molar-refractivity contribution < 1.29 is 0 Å². The van der Waals surface area contributed by atoms with Gasteiger partial charge in [-0.15, -0.1) is 16.4 Å². The fourth-order valence-electron chi connectivity index (χ4n) is 4.24. The van der Waals surface area contributed by atoms with Crippen molar-refractivity contribution in [1.82, 2.24) is 29.4 Å². The number of halogens is 1. The summed E-state index contributed by atoms with van der Waals surface area (Å²) >= 11 is 4.13. The van der Waals surface area contributed by atoms with Crippen molar-refractivity contribution in [3.63, 3.8) is 0 Å². The molecule has 0 fully saturated rings. The summed E-state index contributed by atoms with van der Waals surface area (Å²) in [6.45, 7) is 7.12. The second-order valence-corrected chi connectivity index (χ2v) is 10.7. The Kier molecular flexibility index (Phi) is 4.28. The largest absolute Gasteiger partial charge is 0.274 e. The number of aryl methyl sites for hydroxylation is 2. The van der Waals surface area contributed by atoms with Crippen molar-refractivity contribution in [1.29, 1.82) is 0 Å². The number of aromatic nitrogens is 6. The van der Waals surface area contributed by atoms with Crippen LogP contribution in [0.25, 0.3) is 27.4 Å².